The van der Waals surface area contributed by atoms with Gasteiger partial charge in [0.1, 0.15) is 5.69 Å². The van der Waals surface area contributed by atoms with Crippen molar-refractivity contribution in [2.45, 2.75) is 90.4 Å². The first-order valence-electron chi connectivity index (χ1n) is 11.2. The topological polar surface area (TPSA) is 68.9 Å². The molecule has 0 saturated heterocycles. The molecule has 2 aromatic heterocycles. The summed E-state index contributed by atoms with van der Waals surface area (Å²) < 4.78 is 5.46. The van der Waals surface area contributed by atoms with Crippen molar-refractivity contribution in [2.24, 2.45) is 0 Å². The number of ketones is 1. The van der Waals surface area contributed by atoms with Gasteiger partial charge in [-0.15, -0.1) is 10.2 Å². The highest BCUT2D eigenvalue weighted by Gasteiger charge is 2.15. The fourth-order valence-electron chi connectivity index (χ4n) is 3.22. The van der Waals surface area contributed by atoms with E-state index < -0.39 is 0 Å². The van der Waals surface area contributed by atoms with E-state index in [0.717, 1.165) is 25.7 Å². The Labute approximate surface area is 175 Å². The van der Waals surface area contributed by atoms with Gasteiger partial charge >= 0.3 is 0 Å². The van der Waals surface area contributed by atoms with E-state index in [1.807, 2.05) is 12.1 Å². The molecule has 0 atom stereocenters. The van der Waals surface area contributed by atoms with Gasteiger partial charge in [-0.2, -0.15) is 0 Å². The zero-order valence-corrected chi connectivity index (χ0v) is 17.8. The molecule has 2 heterocycles. The predicted molar refractivity (Wildman–Crippen MR) is 117 cm³/mol. The van der Waals surface area contributed by atoms with Crippen molar-refractivity contribution >= 4 is 5.78 Å². The maximum atomic E-state index is 12.2. The molecule has 0 unspecified atom stereocenters. The number of aromatic nitrogens is 3. The molecule has 2 aromatic rings. The number of allylic oxidation sites excluding steroid dienone is 2. The van der Waals surface area contributed by atoms with Gasteiger partial charge in [0.15, 0.2) is 0 Å². The summed E-state index contributed by atoms with van der Waals surface area (Å²) >= 11 is 0. The van der Waals surface area contributed by atoms with Crippen LogP contribution in [0.15, 0.2) is 41.0 Å². The fraction of sp³-hybridized carbons (Fsp3) is 0.583. The van der Waals surface area contributed by atoms with Crippen LogP contribution in [0.4, 0.5) is 0 Å². The number of carbonyl (C=O) groups excluding carboxylic acids is 1. The number of unbranched alkanes of at least 4 members (excludes halogenated alkanes) is 10. The molecule has 0 N–H and O–H groups in total. The Morgan fingerprint density at radius 3 is 2.28 bits per heavy atom. The smallest absolute Gasteiger partial charge is 0.284 e. The van der Waals surface area contributed by atoms with Crippen LogP contribution >= 0.6 is 0 Å². The van der Waals surface area contributed by atoms with Crippen molar-refractivity contribution in [3.63, 3.8) is 0 Å². The first-order chi connectivity index (χ1) is 14.3. The molecule has 0 fully saturated rings. The third-order valence-electron chi connectivity index (χ3n) is 4.96. The highest BCUT2D eigenvalue weighted by molar-refractivity contribution is 5.91. The Kier molecular flexibility index (Phi) is 11.6. The molecule has 0 aliphatic heterocycles. The number of nitrogens with zero attached hydrogens (tertiary/aromatic N) is 3. The quantitative estimate of drug-likeness (QED) is 0.174. The van der Waals surface area contributed by atoms with E-state index in [4.69, 9.17) is 4.42 Å². The van der Waals surface area contributed by atoms with E-state index in [1.54, 1.807) is 12.3 Å². The largest absolute Gasteiger partial charge is 0.412 e. The average molecular weight is 398 g/mol. The number of pyridine rings is 1. The van der Waals surface area contributed by atoms with Crippen molar-refractivity contribution in [3.05, 3.63) is 42.4 Å². The Morgan fingerprint density at radius 2 is 1.59 bits per heavy atom. The maximum Gasteiger partial charge on any atom is 0.284 e. The molecular weight excluding hydrogens is 362 g/mol. The molecule has 29 heavy (non-hydrogen) atoms. The second-order valence-electron chi connectivity index (χ2n) is 7.53. The minimum Gasteiger partial charge on any atom is -0.412 e. The van der Waals surface area contributed by atoms with E-state index >= 15 is 0 Å². The molecule has 0 spiro atoms. The maximum absolute atomic E-state index is 12.2. The summed E-state index contributed by atoms with van der Waals surface area (Å²) in [5.41, 5.74) is 0.587. The Hall–Kier alpha value is -2.30. The van der Waals surface area contributed by atoms with Crippen LogP contribution in [-0.4, -0.2) is 21.0 Å². The third-order valence-corrected chi connectivity index (χ3v) is 4.96. The summed E-state index contributed by atoms with van der Waals surface area (Å²) in [4.78, 5) is 16.3. The van der Waals surface area contributed by atoms with Crippen molar-refractivity contribution in [1.82, 2.24) is 15.2 Å². The lowest BCUT2D eigenvalue weighted by Crippen LogP contribution is -1.99. The molecular formula is C24H35N3O2. The van der Waals surface area contributed by atoms with Gasteiger partial charge in [0.05, 0.1) is 0 Å². The summed E-state index contributed by atoms with van der Waals surface area (Å²) in [5.74, 6) is 0.295. The minimum absolute atomic E-state index is 0.0847. The van der Waals surface area contributed by atoms with Crippen LogP contribution in [0.5, 0.6) is 0 Å². The molecule has 158 valence electrons. The number of hydrogen-bond acceptors (Lipinski definition) is 5. The van der Waals surface area contributed by atoms with Crippen molar-refractivity contribution in [2.75, 3.05) is 0 Å². The zero-order valence-electron chi connectivity index (χ0n) is 17.8. The molecule has 0 radical (unpaired) electrons. The average Bonchev–Trinajstić information content (AvgIpc) is 3.25. The normalized spacial score (nSPS) is 11.3. The monoisotopic (exact) mass is 397 g/mol. The lowest BCUT2D eigenvalue weighted by atomic mass is 10.1. The third kappa shape index (κ3) is 9.64. The van der Waals surface area contributed by atoms with Gasteiger partial charge in [-0.05, 0) is 44.2 Å². The van der Waals surface area contributed by atoms with Gasteiger partial charge in [0, 0.05) is 12.6 Å². The first kappa shape index (κ1) is 23.0. The van der Waals surface area contributed by atoms with Crippen LogP contribution < -0.4 is 0 Å². The van der Waals surface area contributed by atoms with Crippen LogP contribution in [0.25, 0.3) is 11.6 Å². The van der Waals surface area contributed by atoms with Crippen molar-refractivity contribution in [1.29, 1.82) is 0 Å². The summed E-state index contributed by atoms with van der Waals surface area (Å²) in [5, 5.41) is 7.78. The number of rotatable bonds is 16. The molecule has 0 bridgehead atoms. The van der Waals surface area contributed by atoms with Gasteiger partial charge < -0.3 is 4.42 Å². The zero-order chi connectivity index (χ0) is 20.6. The van der Waals surface area contributed by atoms with E-state index in [-0.39, 0.29) is 11.7 Å². The standard InChI is InChI=1S/C24H35N3O2/c1-2-3-4-5-6-7-8-9-10-11-12-13-14-15-19-22(28)24-27-26-23(29-24)21-18-16-17-20-25-21/h9-10,16-18,20H,2-8,11-15,19H2,1H3/b10-9-. The molecule has 0 amide bonds. The summed E-state index contributed by atoms with van der Waals surface area (Å²) in [6.07, 6.45) is 21.5. The molecule has 0 aliphatic carbocycles. The van der Waals surface area contributed by atoms with E-state index in [0.29, 0.717) is 18.0 Å². The van der Waals surface area contributed by atoms with Gasteiger partial charge in [0.25, 0.3) is 11.8 Å². The van der Waals surface area contributed by atoms with Crippen LogP contribution in [0.3, 0.4) is 0 Å². The fourth-order valence-corrected chi connectivity index (χ4v) is 3.22. The summed E-state index contributed by atoms with van der Waals surface area (Å²) in [6.45, 7) is 2.26. The molecule has 5 nitrogen and oxygen atoms in total. The van der Waals surface area contributed by atoms with Crippen LogP contribution in [0, 0.1) is 0 Å². The van der Waals surface area contributed by atoms with E-state index in [1.165, 1.54) is 51.4 Å². The van der Waals surface area contributed by atoms with Gasteiger partial charge in [-0.25, -0.2) is 0 Å². The van der Waals surface area contributed by atoms with E-state index in [2.05, 4.69) is 34.3 Å². The molecule has 0 aliphatic rings. The highest BCUT2D eigenvalue weighted by Crippen LogP contribution is 2.16. The Balaban J connectivity index is 1.48. The Morgan fingerprint density at radius 1 is 0.897 bits per heavy atom. The van der Waals surface area contributed by atoms with Gasteiger partial charge in [0.2, 0.25) is 5.78 Å². The van der Waals surface area contributed by atoms with Crippen LogP contribution in [-0.2, 0) is 0 Å². The predicted octanol–water partition coefficient (Wildman–Crippen LogP) is 6.96. The summed E-state index contributed by atoms with van der Waals surface area (Å²) in [7, 11) is 0. The van der Waals surface area contributed by atoms with E-state index in [9.17, 15) is 4.79 Å². The molecule has 5 heteroatoms. The molecule has 2 rings (SSSR count). The number of hydrogen-bond donors (Lipinski definition) is 0. The van der Waals surface area contributed by atoms with Gasteiger partial charge in [-0.3, -0.25) is 9.78 Å². The number of Topliss-reactive ketones (excluding diaryl/α,β-unsaturated/α-hetero) is 1. The highest BCUT2D eigenvalue weighted by atomic mass is 16.4. The van der Waals surface area contributed by atoms with Crippen molar-refractivity contribution in [3.8, 4) is 11.6 Å². The SMILES string of the molecule is CCCCCCCC/C=C\CCCCCCC(=O)c1nnc(-c2ccccn2)o1. The second kappa shape index (κ2) is 14.7. The second-order valence-corrected chi connectivity index (χ2v) is 7.53. The molecule has 0 saturated carbocycles. The summed E-state index contributed by atoms with van der Waals surface area (Å²) in [6, 6.07) is 5.44. The first-order valence-corrected chi connectivity index (χ1v) is 11.2. The molecule has 0 aromatic carbocycles. The lowest BCUT2D eigenvalue weighted by molar-refractivity contribution is 0.0946. The van der Waals surface area contributed by atoms with Gasteiger partial charge in [-0.1, -0.05) is 70.1 Å². The minimum atomic E-state index is -0.0847. The number of carbonyl (C=O) groups is 1. The van der Waals surface area contributed by atoms with Crippen molar-refractivity contribution < 1.29 is 9.21 Å². The lowest BCUT2D eigenvalue weighted by Gasteiger charge is -1.99. The van der Waals surface area contributed by atoms with Crippen LogP contribution in [0.2, 0.25) is 0 Å². The Bertz CT molecular complexity index is 710. The van der Waals surface area contributed by atoms with Crippen LogP contribution in [0.1, 0.15) is 101 Å².